The van der Waals surface area contributed by atoms with Gasteiger partial charge in [0.1, 0.15) is 11.6 Å². The summed E-state index contributed by atoms with van der Waals surface area (Å²) in [7, 11) is 1.72. The van der Waals surface area contributed by atoms with Crippen molar-refractivity contribution in [2.45, 2.75) is 24.8 Å². The van der Waals surface area contributed by atoms with Gasteiger partial charge in [-0.3, -0.25) is 4.99 Å². The van der Waals surface area contributed by atoms with Crippen LogP contribution in [0.2, 0.25) is 0 Å². The van der Waals surface area contributed by atoms with Crippen LogP contribution in [0.15, 0.2) is 52.1 Å². The zero-order valence-electron chi connectivity index (χ0n) is 13.0. The molecular formula is C17H21FIN3O. The van der Waals surface area contributed by atoms with Crippen molar-refractivity contribution in [2.24, 2.45) is 4.99 Å². The van der Waals surface area contributed by atoms with Gasteiger partial charge in [0.05, 0.1) is 12.8 Å². The van der Waals surface area contributed by atoms with Crippen molar-refractivity contribution in [3.63, 3.8) is 0 Å². The van der Waals surface area contributed by atoms with Crippen molar-refractivity contribution in [3.05, 3.63) is 59.8 Å². The molecule has 0 spiro atoms. The molecule has 2 N–H and O–H groups in total. The number of hydrogen-bond donors (Lipinski definition) is 2. The molecule has 1 aliphatic carbocycles. The van der Waals surface area contributed by atoms with Gasteiger partial charge in [-0.25, -0.2) is 4.39 Å². The van der Waals surface area contributed by atoms with Crippen LogP contribution < -0.4 is 10.6 Å². The van der Waals surface area contributed by atoms with Gasteiger partial charge in [-0.05, 0) is 36.6 Å². The first-order valence-corrected chi connectivity index (χ1v) is 7.45. The minimum atomic E-state index is -0.125. The summed E-state index contributed by atoms with van der Waals surface area (Å²) in [5, 5.41) is 6.48. The van der Waals surface area contributed by atoms with Crippen LogP contribution in [0.1, 0.15) is 24.2 Å². The quantitative estimate of drug-likeness (QED) is 0.435. The Morgan fingerprint density at radius 1 is 1.22 bits per heavy atom. The average Bonchev–Trinajstić information content (AvgIpc) is 3.13. The maximum atomic E-state index is 14.0. The van der Waals surface area contributed by atoms with E-state index in [1.807, 2.05) is 24.3 Å². The Bertz CT molecular complexity index is 654. The predicted molar refractivity (Wildman–Crippen MR) is 99.6 cm³/mol. The topological polar surface area (TPSA) is 49.6 Å². The first kappa shape index (κ1) is 17.8. The molecule has 1 saturated carbocycles. The van der Waals surface area contributed by atoms with E-state index in [1.54, 1.807) is 19.4 Å². The molecule has 4 nitrogen and oxygen atoms in total. The number of benzene rings is 1. The molecule has 0 atom stereocenters. The Morgan fingerprint density at radius 3 is 2.61 bits per heavy atom. The fraction of sp³-hybridized carbons (Fsp3) is 0.353. The number of halogens is 2. The summed E-state index contributed by atoms with van der Waals surface area (Å²) in [4.78, 5) is 4.19. The summed E-state index contributed by atoms with van der Waals surface area (Å²) in [5.41, 5.74) is 0.692. The van der Waals surface area contributed by atoms with Gasteiger partial charge in [0.2, 0.25) is 0 Å². The zero-order valence-corrected chi connectivity index (χ0v) is 15.3. The zero-order chi connectivity index (χ0) is 15.4. The van der Waals surface area contributed by atoms with Gasteiger partial charge >= 0.3 is 0 Å². The van der Waals surface area contributed by atoms with Crippen LogP contribution in [-0.4, -0.2) is 19.6 Å². The molecule has 0 saturated heterocycles. The molecule has 0 radical (unpaired) electrons. The van der Waals surface area contributed by atoms with Gasteiger partial charge in [0, 0.05) is 19.0 Å². The molecule has 0 bridgehead atoms. The number of guanidine groups is 1. The summed E-state index contributed by atoms with van der Waals surface area (Å²) in [6.07, 6.45) is 3.64. The molecule has 23 heavy (non-hydrogen) atoms. The van der Waals surface area contributed by atoms with Gasteiger partial charge < -0.3 is 15.1 Å². The van der Waals surface area contributed by atoms with Crippen molar-refractivity contribution in [3.8, 4) is 0 Å². The molecule has 1 aromatic carbocycles. The van der Waals surface area contributed by atoms with Gasteiger partial charge in [-0.1, -0.05) is 18.2 Å². The maximum absolute atomic E-state index is 14.0. The van der Waals surface area contributed by atoms with E-state index in [9.17, 15) is 4.39 Å². The minimum absolute atomic E-state index is 0. The second-order valence-corrected chi connectivity index (χ2v) is 5.62. The molecule has 1 fully saturated rings. The molecule has 0 amide bonds. The average molecular weight is 429 g/mol. The van der Waals surface area contributed by atoms with E-state index in [4.69, 9.17) is 4.42 Å². The lowest BCUT2D eigenvalue weighted by molar-refractivity contribution is 0.500. The highest BCUT2D eigenvalue weighted by molar-refractivity contribution is 14.0. The Labute approximate surface area is 152 Å². The Hall–Kier alpha value is -1.57. The van der Waals surface area contributed by atoms with Crippen molar-refractivity contribution in [1.29, 1.82) is 0 Å². The van der Waals surface area contributed by atoms with Crippen LogP contribution in [-0.2, 0) is 12.0 Å². The predicted octanol–water partition coefficient (Wildman–Crippen LogP) is 3.43. The Kier molecular flexibility index (Phi) is 6.04. The third-order valence-electron chi connectivity index (χ3n) is 4.13. The van der Waals surface area contributed by atoms with Crippen LogP contribution in [0.5, 0.6) is 0 Å². The van der Waals surface area contributed by atoms with Crippen LogP contribution in [0, 0.1) is 5.82 Å². The second-order valence-electron chi connectivity index (χ2n) is 5.62. The number of hydrogen-bond acceptors (Lipinski definition) is 2. The van der Waals surface area contributed by atoms with Crippen molar-refractivity contribution in [1.82, 2.24) is 10.6 Å². The first-order valence-electron chi connectivity index (χ1n) is 7.45. The van der Waals surface area contributed by atoms with Gasteiger partial charge in [-0.2, -0.15) is 0 Å². The van der Waals surface area contributed by atoms with Gasteiger partial charge in [0.25, 0.3) is 0 Å². The van der Waals surface area contributed by atoms with Crippen molar-refractivity contribution >= 4 is 29.9 Å². The Morgan fingerprint density at radius 2 is 2.00 bits per heavy atom. The van der Waals surface area contributed by atoms with E-state index in [1.165, 1.54) is 6.07 Å². The van der Waals surface area contributed by atoms with Crippen LogP contribution in [0.4, 0.5) is 4.39 Å². The molecule has 3 rings (SSSR count). The summed E-state index contributed by atoms with van der Waals surface area (Å²) >= 11 is 0. The number of furan rings is 1. The summed E-state index contributed by atoms with van der Waals surface area (Å²) in [6, 6.07) is 10.8. The van der Waals surface area contributed by atoms with E-state index in [0.717, 1.165) is 24.2 Å². The number of rotatable bonds is 5. The van der Waals surface area contributed by atoms with Crippen LogP contribution >= 0.6 is 24.0 Å². The molecule has 1 aromatic heterocycles. The lowest BCUT2D eigenvalue weighted by atomic mass is 9.95. The third kappa shape index (κ3) is 4.25. The molecular weight excluding hydrogens is 408 g/mol. The molecule has 6 heteroatoms. The number of nitrogens with zero attached hydrogens (tertiary/aromatic N) is 1. The van der Waals surface area contributed by atoms with E-state index in [-0.39, 0.29) is 35.2 Å². The molecule has 1 heterocycles. The molecule has 0 aliphatic heterocycles. The highest BCUT2D eigenvalue weighted by atomic mass is 127. The lowest BCUT2D eigenvalue weighted by Crippen LogP contribution is -2.41. The van der Waals surface area contributed by atoms with E-state index < -0.39 is 0 Å². The van der Waals surface area contributed by atoms with Crippen LogP contribution in [0.25, 0.3) is 0 Å². The minimum Gasteiger partial charge on any atom is -0.467 e. The molecule has 0 unspecified atom stereocenters. The van der Waals surface area contributed by atoms with Crippen LogP contribution in [0.3, 0.4) is 0 Å². The number of nitrogens with one attached hydrogen (secondary N) is 2. The van der Waals surface area contributed by atoms with Gasteiger partial charge in [-0.15, -0.1) is 24.0 Å². The first-order chi connectivity index (χ1) is 10.7. The smallest absolute Gasteiger partial charge is 0.191 e. The van der Waals surface area contributed by atoms with Crippen molar-refractivity contribution in [2.75, 3.05) is 13.6 Å². The summed E-state index contributed by atoms with van der Waals surface area (Å²) in [6.45, 7) is 1.24. The fourth-order valence-electron chi connectivity index (χ4n) is 2.64. The fourth-order valence-corrected chi connectivity index (χ4v) is 2.64. The highest BCUT2D eigenvalue weighted by Crippen LogP contribution is 2.48. The number of aliphatic imine (C=N–C) groups is 1. The molecule has 1 aliphatic rings. The van der Waals surface area contributed by atoms with E-state index >= 15 is 0 Å². The summed E-state index contributed by atoms with van der Waals surface area (Å²) in [5.74, 6) is 1.41. The molecule has 124 valence electrons. The largest absolute Gasteiger partial charge is 0.467 e. The standard InChI is InChI=1S/C17H20FN3O.HI/c1-19-16(20-11-13-5-4-10-22-13)21-12-17(8-9-17)14-6-2-3-7-15(14)18;/h2-7,10H,8-9,11-12H2,1H3,(H2,19,20,21);1H. The highest BCUT2D eigenvalue weighted by Gasteiger charge is 2.45. The van der Waals surface area contributed by atoms with E-state index in [2.05, 4.69) is 15.6 Å². The Balaban J connectivity index is 0.00000192. The summed E-state index contributed by atoms with van der Waals surface area (Å²) < 4.78 is 19.3. The third-order valence-corrected chi connectivity index (χ3v) is 4.13. The normalized spacial score (nSPS) is 15.7. The SMILES string of the molecule is CN=C(NCc1ccco1)NCC1(c2ccccc2F)CC1.I. The maximum Gasteiger partial charge on any atom is 0.191 e. The monoisotopic (exact) mass is 429 g/mol. The van der Waals surface area contributed by atoms with E-state index in [0.29, 0.717) is 19.0 Å². The van der Waals surface area contributed by atoms with Gasteiger partial charge in [0.15, 0.2) is 5.96 Å². The lowest BCUT2D eigenvalue weighted by Gasteiger charge is -2.19. The second kappa shape index (κ2) is 7.81. The van der Waals surface area contributed by atoms with Crippen molar-refractivity contribution < 1.29 is 8.81 Å². The molecule has 2 aromatic rings.